The molecule has 134 valence electrons. The van der Waals surface area contributed by atoms with E-state index >= 15 is 0 Å². The zero-order valence-corrected chi connectivity index (χ0v) is 14.6. The van der Waals surface area contributed by atoms with Gasteiger partial charge in [0.05, 0.1) is 18.2 Å². The van der Waals surface area contributed by atoms with Crippen LogP contribution in [0.1, 0.15) is 11.1 Å². The summed E-state index contributed by atoms with van der Waals surface area (Å²) < 4.78 is 12.4. The first kappa shape index (κ1) is 16.6. The zero-order chi connectivity index (χ0) is 18.1. The highest BCUT2D eigenvalue weighted by molar-refractivity contribution is 5.79. The molecule has 2 aromatic carbocycles. The van der Waals surface area contributed by atoms with E-state index in [4.69, 9.17) is 9.15 Å². The van der Waals surface area contributed by atoms with Crippen LogP contribution >= 0.6 is 0 Å². The third-order valence-corrected chi connectivity index (χ3v) is 4.81. The largest absolute Gasteiger partial charge is 0.420 e. The van der Waals surface area contributed by atoms with Gasteiger partial charge in [-0.3, -0.25) is 9.36 Å². The Bertz CT molecular complexity index is 1000. The number of hydrogen-bond acceptors (Lipinski definition) is 4. The number of oxazole rings is 1. The van der Waals surface area contributed by atoms with E-state index in [9.17, 15) is 9.59 Å². The summed E-state index contributed by atoms with van der Waals surface area (Å²) in [6, 6.07) is 15.3. The maximum absolute atomic E-state index is 12.6. The second-order valence-corrected chi connectivity index (χ2v) is 6.60. The third-order valence-electron chi connectivity index (χ3n) is 4.81. The monoisotopic (exact) mass is 352 g/mol. The Kier molecular flexibility index (Phi) is 4.34. The van der Waals surface area contributed by atoms with Crippen molar-refractivity contribution in [3.8, 4) is 0 Å². The van der Waals surface area contributed by atoms with Gasteiger partial charge in [-0.25, -0.2) is 4.79 Å². The molecule has 0 saturated heterocycles. The van der Waals surface area contributed by atoms with Gasteiger partial charge < -0.3 is 14.1 Å². The molecule has 0 N–H and O–H groups in total. The lowest BCUT2D eigenvalue weighted by molar-refractivity contribution is -0.132. The number of benzene rings is 2. The summed E-state index contributed by atoms with van der Waals surface area (Å²) in [6.07, 6.45) is 0.735. The Balaban J connectivity index is 1.44. The highest BCUT2D eigenvalue weighted by atomic mass is 16.5. The molecule has 0 bridgehead atoms. The molecule has 3 aromatic rings. The van der Waals surface area contributed by atoms with E-state index in [1.807, 2.05) is 18.2 Å². The summed E-state index contributed by atoms with van der Waals surface area (Å²) in [7, 11) is 1.74. The number of carbonyl (C=O) groups excluding carboxylic acids is 1. The van der Waals surface area contributed by atoms with E-state index in [0.29, 0.717) is 24.3 Å². The predicted molar refractivity (Wildman–Crippen MR) is 96.8 cm³/mol. The smallest absolute Gasteiger partial charge is 0.408 e. The molecule has 4 rings (SSSR count). The Hall–Kier alpha value is -2.86. The van der Waals surface area contributed by atoms with Gasteiger partial charge in [0.2, 0.25) is 5.91 Å². The average Bonchev–Trinajstić information content (AvgIpc) is 2.97. The number of aromatic nitrogens is 1. The van der Waals surface area contributed by atoms with Crippen molar-refractivity contribution >= 4 is 17.0 Å². The van der Waals surface area contributed by atoms with E-state index in [1.165, 1.54) is 15.7 Å². The molecule has 1 aromatic heterocycles. The fourth-order valence-electron chi connectivity index (χ4n) is 3.35. The summed E-state index contributed by atoms with van der Waals surface area (Å²) in [4.78, 5) is 26.2. The van der Waals surface area contributed by atoms with Gasteiger partial charge in [-0.15, -0.1) is 0 Å². The van der Waals surface area contributed by atoms with Crippen LogP contribution in [0.15, 0.2) is 57.7 Å². The topological polar surface area (TPSA) is 64.7 Å². The van der Waals surface area contributed by atoms with Crippen LogP contribution in [-0.2, 0) is 29.1 Å². The number of likely N-dealkylation sites (N-methyl/N-ethyl adjacent to an activating group) is 1. The van der Waals surface area contributed by atoms with Crippen LogP contribution in [0.25, 0.3) is 11.1 Å². The Morgan fingerprint density at radius 1 is 1.15 bits per heavy atom. The molecule has 0 aliphatic carbocycles. The van der Waals surface area contributed by atoms with Crippen LogP contribution in [0.5, 0.6) is 0 Å². The minimum Gasteiger partial charge on any atom is -0.408 e. The maximum atomic E-state index is 12.6. The molecular weight excluding hydrogens is 332 g/mol. The summed E-state index contributed by atoms with van der Waals surface area (Å²) >= 11 is 0. The number of ether oxygens (including phenoxy) is 1. The summed E-state index contributed by atoms with van der Waals surface area (Å²) in [6.45, 7) is 1.00. The number of fused-ring (bicyclic) bond motifs is 2. The number of para-hydroxylation sites is 2. The lowest BCUT2D eigenvalue weighted by Crippen LogP contribution is -2.40. The van der Waals surface area contributed by atoms with Gasteiger partial charge in [0.1, 0.15) is 6.54 Å². The molecular formula is C20H20N2O4. The SMILES string of the molecule is CN(C[C@H]1Cc2ccccc2CO1)C(=O)Cn1c(=O)oc2ccccc21. The minimum absolute atomic E-state index is 0.0448. The van der Waals surface area contributed by atoms with E-state index in [2.05, 4.69) is 12.1 Å². The minimum atomic E-state index is -0.518. The number of carbonyl (C=O) groups is 1. The third kappa shape index (κ3) is 3.15. The Labute approximate surface area is 150 Å². The molecule has 0 spiro atoms. The molecule has 0 saturated carbocycles. The quantitative estimate of drug-likeness (QED) is 0.722. The molecule has 1 amide bonds. The fraction of sp³-hybridized carbons (Fsp3) is 0.300. The van der Waals surface area contributed by atoms with Crippen LogP contribution in [0.4, 0.5) is 0 Å². The zero-order valence-electron chi connectivity index (χ0n) is 14.6. The van der Waals surface area contributed by atoms with Gasteiger partial charge in [-0.1, -0.05) is 36.4 Å². The lowest BCUT2D eigenvalue weighted by Gasteiger charge is -2.29. The first-order chi connectivity index (χ1) is 12.6. The van der Waals surface area contributed by atoms with Gasteiger partial charge in [-0.2, -0.15) is 0 Å². The lowest BCUT2D eigenvalue weighted by atomic mass is 9.99. The van der Waals surface area contributed by atoms with Crippen LogP contribution < -0.4 is 5.76 Å². The van der Waals surface area contributed by atoms with Crippen molar-refractivity contribution in [2.24, 2.45) is 0 Å². The summed E-state index contributed by atoms with van der Waals surface area (Å²) in [5, 5.41) is 0. The normalized spacial score (nSPS) is 16.4. The second-order valence-electron chi connectivity index (χ2n) is 6.60. The second kappa shape index (κ2) is 6.80. The summed E-state index contributed by atoms with van der Waals surface area (Å²) in [5.74, 6) is -0.670. The van der Waals surface area contributed by atoms with E-state index in [1.54, 1.807) is 30.1 Å². The highest BCUT2D eigenvalue weighted by Gasteiger charge is 2.23. The standard InChI is InChI=1S/C20H20N2O4/c1-21(11-16-10-14-6-2-3-7-15(14)13-25-16)19(23)12-22-17-8-4-5-9-18(17)26-20(22)24/h2-9,16H,10-13H2,1H3/t16-/m1/s1. The Morgan fingerprint density at radius 3 is 2.73 bits per heavy atom. The van der Waals surface area contributed by atoms with E-state index < -0.39 is 5.76 Å². The first-order valence-corrected chi connectivity index (χ1v) is 8.62. The number of amides is 1. The molecule has 1 atom stereocenters. The van der Waals surface area contributed by atoms with Crippen molar-refractivity contribution < 1.29 is 13.9 Å². The molecule has 0 radical (unpaired) electrons. The van der Waals surface area contributed by atoms with E-state index in [0.717, 1.165) is 6.42 Å². The molecule has 6 nitrogen and oxygen atoms in total. The van der Waals surface area contributed by atoms with Crippen molar-refractivity contribution in [3.63, 3.8) is 0 Å². The maximum Gasteiger partial charge on any atom is 0.420 e. The number of hydrogen-bond donors (Lipinski definition) is 0. The van der Waals surface area contributed by atoms with Crippen molar-refractivity contribution in [3.05, 3.63) is 70.2 Å². The molecule has 1 aliphatic rings. The van der Waals surface area contributed by atoms with Crippen molar-refractivity contribution in [2.45, 2.75) is 25.7 Å². The molecule has 2 heterocycles. The van der Waals surface area contributed by atoms with Gasteiger partial charge in [0.15, 0.2) is 5.58 Å². The van der Waals surface area contributed by atoms with Gasteiger partial charge >= 0.3 is 5.76 Å². The highest BCUT2D eigenvalue weighted by Crippen LogP contribution is 2.21. The van der Waals surface area contributed by atoms with E-state index in [-0.39, 0.29) is 18.6 Å². The van der Waals surface area contributed by atoms with Gasteiger partial charge in [-0.05, 0) is 23.3 Å². The number of nitrogens with zero attached hydrogens (tertiary/aromatic N) is 2. The molecule has 1 aliphatic heterocycles. The van der Waals surface area contributed by atoms with Crippen LogP contribution in [0.2, 0.25) is 0 Å². The molecule has 6 heteroatoms. The summed E-state index contributed by atoms with van der Waals surface area (Å²) in [5.41, 5.74) is 3.58. The van der Waals surface area contributed by atoms with Crippen LogP contribution in [0.3, 0.4) is 0 Å². The van der Waals surface area contributed by atoms with Gasteiger partial charge in [0, 0.05) is 20.0 Å². The predicted octanol–water partition coefficient (Wildman–Crippen LogP) is 2.19. The van der Waals surface area contributed by atoms with Crippen LogP contribution in [-0.4, -0.2) is 35.1 Å². The average molecular weight is 352 g/mol. The molecule has 0 unspecified atom stereocenters. The van der Waals surface area contributed by atoms with Crippen molar-refractivity contribution in [2.75, 3.05) is 13.6 Å². The Morgan fingerprint density at radius 2 is 1.88 bits per heavy atom. The molecule has 26 heavy (non-hydrogen) atoms. The number of rotatable bonds is 4. The fourth-order valence-corrected chi connectivity index (χ4v) is 3.35. The first-order valence-electron chi connectivity index (χ1n) is 8.62. The van der Waals surface area contributed by atoms with Crippen molar-refractivity contribution in [1.82, 2.24) is 9.47 Å². The van der Waals surface area contributed by atoms with Gasteiger partial charge in [0.25, 0.3) is 0 Å². The van der Waals surface area contributed by atoms with Crippen LogP contribution in [0, 0.1) is 0 Å². The van der Waals surface area contributed by atoms with Crippen molar-refractivity contribution in [1.29, 1.82) is 0 Å². The molecule has 0 fully saturated rings.